The molecule has 0 aliphatic carbocycles. The Bertz CT molecular complexity index is 1760. The number of imide groups is 1. The summed E-state index contributed by atoms with van der Waals surface area (Å²) < 4.78 is 18.1. The summed E-state index contributed by atoms with van der Waals surface area (Å²) in [6, 6.07) is 22.9. The van der Waals surface area contributed by atoms with Crippen LogP contribution in [0.15, 0.2) is 90.0 Å². The Labute approximate surface area is 248 Å². The first-order valence-corrected chi connectivity index (χ1v) is 13.8. The van der Waals surface area contributed by atoms with E-state index in [1.807, 2.05) is 6.07 Å². The number of ether oxygens (including phenoxy) is 1. The van der Waals surface area contributed by atoms with E-state index in [-0.39, 0.29) is 28.8 Å². The molecule has 5 rings (SSSR count). The second-order valence-electron chi connectivity index (χ2n) is 9.07. The van der Waals surface area contributed by atoms with Crippen molar-refractivity contribution in [1.82, 2.24) is 4.98 Å². The van der Waals surface area contributed by atoms with Gasteiger partial charge in [-0.2, -0.15) is 5.26 Å². The van der Waals surface area contributed by atoms with Crippen molar-refractivity contribution >= 4 is 52.6 Å². The first-order valence-electron chi connectivity index (χ1n) is 12.5. The van der Waals surface area contributed by atoms with Crippen molar-refractivity contribution in [3.05, 3.63) is 112 Å². The molecule has 0 bridgehead atoms. The molecular weight excluding hydrogens is 581 g/mol. The summed E-state index contributed by atoms with van der Waals surface area (Å²) in [7, 11) is 0. The molecule has 8 nitrogen and oxygen atoms in total. The Kier molecular flexibility index (Phi) is 8.43. The number of amides is 2. The van der Waals surface area contributed by atoms with E-state index < -0.39 is 41.2 Å². The maximum absolute atomic E-state index is 13.3. The molecule has 11 heteroatoms. The fourth-order valence-corrected chi connectivity index (χ4v) is 5.54. The summed E-state index contributed by atoms with van der Waals surface area (Å²) in [5.41, 5.74) is 2.01. The molecule has 0 N–H and O–H groups in total. The molecule has 1 fully saturated rings. The summed E-state index contributed by atoms with van der Waals surface area (Å²) in [6.07, 6.45) is -0.109. The van der Waals surface area contributed by atoms with E-state index in [0.717, 1.165) is 28.8 Å². The molecule has 3 aromatic carbocycles. The predicted molar refractivity (Wildman–Crippen MR) is 154 cm³/mol. The molecule has 1 aliphatic heterocycles. The van der Waals surface area contributed by atoms with Crippen molar-refractivity contribution in [2.24, 2.45) is 0 Å². The Morgan fingerprint density at radius 2 is 1.69 bits per heavy atom. The molecule has 42 heavy (non-hydrogen) atoms. The molecule has 0 saturated carbocycles. The number of halogens is 2. The minimum Gasteiger partial charge on any atom is -0.454 e. The van der Waals surface area contributed by atoms with Crippen LogP contribution < -0.4 is 4.90 Å². The highest BCUT2D eigenvalue weighted by molar-refractivity contribution is 8.00. The number of carbonyl (C=O) groups excluding carboxylic acids is 4. The lowest BCUT2D eigenvalue weighted by Crippen LogP contribution is -2.31. The topological polar surface area (TPSA) is 117 Å². The van der Waals surface area contributed by atoms with Gasteiger partial charge in [0.25, 0.3) is 0 Å². The van der Waals surface area contributed by atoms with Gasteiger partial charge in [0.2, 0.25) is 11.8 Å². The van der Waals surface area contributed by atoms with E-state index in [2.05, 4.69) is 11.1 Å². The van der Waals surface area contributed by atoms with Gasteiger partial charge in [0.15, 0.2) is 12.4 Å². The van der Waals surface area contributed by atoms with Gasteiger partial charge in [-0.25, -0.2) is 19.1 Å². The highest BCUT2D eigenvalue weighted by Crippen LogP contribution is 2.36. The number of rotatable bonds is 8. The fourth-order valence-electron chi connectivity index (χ4n) is 4.22. The Morgan fingerprint density at radius 1 is 1.00 bits per heavy atom. The van der Waals surface area contributed by atoms with Gasteiger partial charge < -0.3 is 4.74 Å². The molecule has 2 amide bonds. The summed E-state index contributed by atoms with van der Waals surface area (Å²) >= 11 is 7.33. The van der Waals surface area contributed by atoms with E-state index in [1.54, 1.807) is 30.3 Å². The maximum Gasteiger partial charge on any atom is 0.338 e. The lowest BCUT2D eigenvalue weighted by Gasteiger charge is -2.15. The monoisotopic (exact) mass is 599 g/mol. The number of aromatic nitrogens is 1. The number of hydrogen-bond acceptors (Lipinski definition) is 8. The molecular formula is C31H19ClFN3O5S. The largest absolute Gasteiger partial charge is 0.454 e. The van der Waals surface area contributed by atoms with Crippen LogP contribution in [-0.2, 0) is 14.3 Å². The molecule has 0 spiro atoms. The molecule has 1 saturated heterocycles. The standard InChI is InChI=1S/C31H19ClFN3O5S/c32-24-4-2-1-3-23(24)25-14-9-20(16-34)29(35-25)42-27-15-28(38)36(30(27)39)22-12-7-19(8-13-22)31(40)41-17-26(37)18-5-10-21(33)11-6-18/h1-14,27H,15,17H2. The van der Waals surface area contributed by atoms with Gasteiger partial charge in [-0.15, -0.1) is 0 Å². The average molecular weight is 600 g/mol. The zero-order chi connectivity index (χ0) is 29.8. The lowest BCUT2D eigenvalue weighted by molar-refractivity contribution is -0.121. The first kappa shape index (κ1) is 28.7. The van der Waals surface area contributed by atoms with E-state index in [4.69, 9.17) is 16.3 Å². The second kappa shape index (κ2) is 12.3. The van der Waals surface area contributed by atoms with Crippen LogP contribution in [0.2, 0.25) is 5.02 Å². The SMILES string of the molecule is N#Cc1ccc(-c2ccccc2Cl)nc1SC1CC(=O)N(c2ccc(C(=O)OCC(=O)c3ccc(F)cc3)cc2)C1=O. The number of nitriles is 1. The van der Waals surface area contributed by atoms with Crippen LogP contribution in [0, 0.1) is 17.1 Å². The number of hydrogen-bond donors (Lipinski definition) is 0. The first-order chi connectivity index (χ1) is 20.2. The Hall–Kier alpha value is -4.85. The summed E-state index contributed by atoms with van der Waals surface area (Å²) in [5.74, 6) is -2.70. The van der Waals surface area contributed by atoms with Crippen LogP contribution in [0.3, 0.4) is 0 Å². The maximum atomic E-state index is 13.3. The second-order valence-corrected chi connectivity index (χ2v) is 10.7. The van der Waals surface area contributed by atoms with Gasteiger partial charge in [0.1, 0.15) is 16.9 Å². The molecule has 208 valence electrons. The molecule has 1 unspecified atom stereocenters. The number of thioether (sulfide) groups is 1. The fraction of sp³-hybridized carbons (Fsp3) is 0.0968. The van der Waals surface area contributed by atoms with Crippen molar-refractivity contribution in [3.63, 3.8) is 0 Å². The zero-order valence-corrected chi connectivity index (χ0v) is 23.2. The lowest BCUT2D eigenvalue weighted by atomic mass is 10.1. The van der Waals surface area contributed by atoms with E-state index >= 15 is 0 Å². The number of benzene rings is 3. The number of anilines is 1. The number of carbonyl (C=O) groups is 4. The summed E-state index contributed by atoms with van der Waals surface area (Å²) in [6.45, 7) is -0.537. The van der Waals surface area contributed by atoms with Crippen molar-refractivity contribution < 1.29 is 28.3 Å². The van der Waals surface area contributed by atoms with Crippen LogP contribution >= 0.6 is 23.4 Å². The minimum atomic E-state index is -0.819. The average Bonchev–Trinajstić information content (AvgIpc) is 3.28. The predicted octanol–water partition coefficient (Wildman–Crippen LogP) is 5.88. The Morgan fingerprint density at radius 3 is 2.38 bits per heavy atom. The third-order valence-electron chi connectivity index (χ3n) is 6.35. The van der Waals surface area contributed by atoms with Crippen molar-refractivity contribution in [2.75, 3.05) is 11.5 Å². The highest BCUT2D eigenvalue weighted by Gasteiger charge is 2.41. The number of ketones is 1. The van der Waals surface area contributed by atoms with Gasteiger partial charge in [-0.05, 0) is 66.7 Å². The van der Waals surface area contributed by atoms with Crippen LogP contribution in [0.4, 0.5) is 10.1 Å². The van der Waals surface area contributed by atoms with Gasteiger partial charge in [-0.1, -0.05) is 41.6 Å². The normalized spacial score (nSPS) is 14.5. The van der Waals surface area contributed by atoms with Gasteiger partial charge >= 0.3 is 5.97 Å². The van der Waals surface area contributed by atoms with Crippen LogP contribution in [0.1, 0.15) is 32.7 Å². The third kappa shape index (κ3) is 6.07. The van der Waals surface area contributed by atoms with E-state index in [0.29, 0.717) is 21.3 Å². The van der Waals surface area contributed by atoms with Crippen molar-refractivity contribution in [1.29, 1.82) is 5.26 Å². The number of nitrogens with zero attached hydrogens (tertiary/aromatic N) is 3. The Balaban J connectivity index is 1.26. The molecule has 1 aromatic heterocycles. The number of esters is 1. The van der Waals surface area contributed by atoms with Crippen molar-refractivity contribution in [3.8, 4) is 17.3 Å². The molecule has 4 aromatic rings. The molecule has 0 radical (unpaired) electrons. The molecule has 1 aliphatic rings. The molecule has 2 heterocycles. The van der Waals surface area contributed by atoms with Gasteiger partial charge in [0, 0.05) is 22.6 Å². The number of pyridine rings is 1. The van der Waals surface area contributed by atoms with E-state index in [1.165, 1.54) is 36.4 Å². The summed E-state index contributed by atoms with van der Waals surface area (Å²) in [5, 5.41) is 9.57. The van der Waals surface area contributed by atoms with Crippen LogP contribution in [0.25, 0.3) is 11.3 Å². The van der Waals surface area contributed by atoms with E-state index in [9.17, 15) is 28.8 Å². The zero-order valence-electron chi connectivity index (χ0n) is 21.6. The smallest absolute Gasteiger partial charge is 0.338 e. The van der Waals surface area contributed by atoms with Crippen LogP contribution in [-0.4, -0.2) is 40.4 Å². The quantitative estimate of drug-likeness (QED) is 0.140. The summed E-state index contributed by atoms with van der Waals surface area (Å²) in [4.78, 5) is 56.4. The van der Waals surface area contributed by atoms with Gasteiger partial charge in [-0.3, -0.25) is 14.4 Å². The third-order valence-corrected chi connectivity index (χ3v) is 7.87. The minimum absolute atomic E-state index is 0.106. The van der Waals surface area contributed by atoms with Crippen molar-refractivity contribution in [2.45, 2.75) is 16.7 Å². The van der Waals surface area contributed by atoms with Gasteiger partial charge in [0.05, 0.1) is 27.8 Å². The number of Topliss-reactive ketones (excluding diaryl/α,β-unsaturated/α-hetero) is 1. The highest BCUT2D eigenvalue weighted by atomic mass is 35.5. The van der Waals surface area contributed by atoms with Crippen LogP contribution in [0.5, 0.6) is 0 Å². The molecule has 1 atom stereocenters.